The van der Waals surface area contributed by atoms with E-state index in [1.165, 1.54) is 0 Å². The number of phenols is 1. The van der Waals surface area contributed by atoms with Crippen LogP contribution in [0.2, 0.25) is 0 Å². The number of piperazine rings is 1. The molecule has 6 nitrogen and oxygen atoms in total. The zero-order valence-electron chi connectivity index (χ0n) is 22.6. The Morgan fingerprint density at radius 1 is 1.15 bits per heavy atom. The van der Waals surface area contributed by atoms with Crippen LogP contribution >= 0.6 is 0 Å². The third kappa shape index (κ3) is 4.28. The van der Waals surface area contributed by atoms with Gasteiger partial charge < -0.3 is 15.3 Å². The Bertz CT molecular complexity index is 1710. The van der Waals surface area contributed by atoms with E-state index in [1.807, 2.05) is 24.3 Å². The Kier molecular flexibility index (Phi) is 6.18. The highest BCUT2D eigenvalue weighted by atomic mass is 19.1. The number of hydrogen-bond donors (Lipinski definition) is 2. The summed E-state index contributed by atoms with van der Waals surface area (Å²) < 4.78 is 16.6. The molecule has 0 aliphatic carbocycles. The summed E-state index contributed by atoms with van der Waals surface area (Å²) in [6.45, 7) is 6.69. The number of nitrogens with zero attached hydrogens (tertiary/aromatic N) is 4. The van der Waals surface area contributed by atoms with Crippen molar-refractivity contribution >= 4 is 33.4 Å². The van der Waals surface area contributed by atoms with Gasteiger partial charge in [0.2, 0.25) is 0 Å². The smallest absolute Gasteiger partial charge is 0.175 e. The summed E-state index contributed by atoms with van der Waals surface area (Å²) in [6.07, 6.45) is 7.93. The number of nitrogens with one attached hydrogen (secondary N) is 1. The molecule has 0 saturated carbocycles. The fourth-order valence-corrected chi connectivity index (χ4v) is 6.69. The summed E-state index contributed by atoms with van der Waals surface area (Å²) in [5.41, 5.74) is 3.26. The van der Waals surface area contributed by atoms with E-state index in [4.69, 9.17) is 4.98 Å². The molecule has 4 aromatic rings. The Hall–Kier alpha value is -3.99. The molecule has 0 amide bonds. The van der Waals surface area contributed by atoms with Gasteiger partial charge in [-0.05, 0) is 79.7 Å². The van der Waals surface area contributed by atoms with Crippen LogP contribution in [0.1, 0.15) is 36.9 Å². The highest BCUT2D eigenvalue weighted by Crippen LogP contribution is 2.39. The Morgan fingerprint density at radius 2 is 1.98 bits per heavy atom. The monoisotopic (exact) mass is 533 g/mol. The van der Waals surface area contributed by atoms with Crippen LogP contribution in [-0.2, 0) is 0 Å². The molecule has 3 aliphatic rings. The summed E-state index contributed by atoms with van der Waals surface area (Å²) >= 11 is 0. The second-order valence-corrected chi connectivity index (χ2v) is 11.3. The predicted octanol–water partition coefficient (Wildman–Crippen LogP) is 5.32. The van der Waals surface area contributed by atoms with Crippen molar-refractivity contribution in [1.82, 2.24) is 20.2 Å². The van der Waals surface area contributed by atoms with Gasteiger partial charge in [-0.1, -0.05) is 36.8 Å². The van der Waals surface area contributed by atoms with E-state index in [9.17, 15) is 5.11 Å². The normalized spacial score (nSPS) is 22.6. The standard InChI is InChI=1S/C33H32FN5O/c1-3-20-6-4-7-21-14-26(40)16-27(30(20)21)32-31(34)33-28(17-35-32)29(39-18-23-9-10-24(19-39)36-23)15-22(37-33)11-12-25-8-5-13-38(25)2/h3-4,6-7,14-17,23-25,36,40H,1,5,8-10,13,18-19H2,2H3. The van der Waals surface area contributed by atoms with E-state index in [2.05, 4.69) is 45.6 Å². The van der Waals surface area contributed by atoms with Crippen molar-refractivity contribution in [1.29, 1.82) is 0 Å². The van der Waals surface area contributed by atoms with Crippen LogP contribution < -0.4 is 10.2 Å². The molecule has 202 valence electrons. The minimum atomic E-state index is -0.510. The first kappa shape index (κ1) is 25.0. The first-order valence-electron chi connectivity index (χ1n) is 14.1. The predicted molar refractivity (Wildman–Crippen MR) is 159 cm³/mol. The van der Waals surface area contributed by atoms with Crippen LogP contribution in [0.4, 0.5) is 10.1 Å². The van der Waals surface area contributed by atoms with E-state index in [-0.39, 0.29) is 23.0 Å². The molecule has 2 bridgehead atoms. The number of aromatic hydroxyl groups is 1. The number of hydrogen-bond acceptors (Lipinski definition) is 6. The quantitative estimate of drug-likeness (QED) is 0.348. The molecule has 2 aromatic carbocycles. The van der Waals surface area contributed by atoms with E-state index in [1.54, 1.807) is 24.4 Å². The van der Waals surface area contributed by atoms with Crippen molar-refractivity contribution in [2.75, 3.05) is 31.6 Å². The van der Waals surface area contributed by atoms with Crippen molar-refractivity contribution < 1.29 is 9.50 Å². The van der Waals surface area contributed by atoms with Gasteiger partial charge in [-0.2, -0.15) is 0 Å². The molecule has 0 radical (unpaired) electrons. The van der Waals surface area contributed by atoms with Gasteiger partial charge in [0.1, 0.15) is 22.7 Å². The molecule has 7 heteroatoms. The lowest BCUT2D eigenvalue weighted by molar-refractivity contribution is 0.365. The first-order chi connectivity index (χ1) is 19.5. The SMILES string of the molecule is C=Cc1cccc2cc(O)cc(-c3ncc4c(N5CC6CCC(C5)N6)cc(C#CC5CCCN5C)nc4c3F)c12. The van der Waals surface area contributed by atoms with E-state index < -0.39 is 5.82 Å². The lowest BCUT2D eigenvalue weighted by atomic mass is 9.96. The average Bonchev–Trinajstić information content (AvgIpc) is 3.53. The molecular formula is C33H32FN5O. The van der Waals surface area contributed by atoms with Crippen molar-refractivity contribution in [2.24, 2.45) is 0 Å². The number of benzene rings is 2. The molecule has 0 spiro atoms. The number of anilines is 1. The zero-order chi connectivity index (χ0) is 27.4. The molecule has 5 heterocycles. The second-order valence-electron chi connectivity index (χ2n) is 11.3. The molecule has 3 saturated heterocycles. The van der Waals surface area contributed by atoms with Crippen LogP contribution in [0.25, 0.3) is 39.0 Å². The number of fused-ring (bicyclic) bond motifs is 4. The number of aromatic nitrogens is 2. The third-order valence-electron chi connectivity index (χ3n) is 8.69. The molecule has 3 fully saturated rings. The largest absolute Gasteiger partial charge is 0.508 e. The topological polar surface area (TPSA) is 64.5 Å². The molecule has 3 atom stereocenters. The lowest BCUT2D eigenvalue weighted by Crippen LogP contribution is -2.51. The maximum atomic E-state index is 16.6. The Morgan fingerprint density at radius 3 is 2.73 bits per heavy atom. The molecule has 2 N–H and O–H groups in total. The van der Waals surface area contributed by atoms with E-state index in [0.29, 0.717) is 28.7 Å². The summed E-state index contributed by atoms with van der Waals surface area (Å²) in [6, 6.07) is 12.0. The fraction of sp³-hybridized carbons (Fsp3) is 0.333. The van der Waals surface area contributed by atoms with Gasteiger partial charge in [0.05, 0.1) is 11.7 Å². The van der Waals surface area contributed by atoms with Gasteiger partial charge in [0.25, 0.3) is 0 Å². The molecule has 3 unspecified atom stereocenters. The van der Waals surface area contributed by atoms with Crippen molar-refractivity contribution in [3.63, 3.8) is 0 Å². The number of halogens is 1. The van der Waals surface area contributed by atoms with Gasteiger partial charge in [0, 0.05) is 42.3 Å². The Labute approximate surface area is 233 Å². The molecular weight excluding hydrogens is 501 g/mol. The number of likely N-dealkylation sites (tertiary alicyclic amines) is 1. The highest BCUT2D eigenvalue weighted by molar-refractivity contribution is 6.04. The average molecular weight is 534 g/mol. The van der Waals surface area contributed by atoms with Gasteiger partial charge in [-0.3, -0.25) is 9.88 Å². The Balaban J connectivity index is 1.43. The zero-order valence-corrected chi connectivity index (χ0v) is 22.6. The number of rotatable bonds is 3. The number of pyridine rings is 2. The van der Waals surface area contributed by atoms with Crippen LogP contribution in [0.3, 0.4) is 0 Å². The van der Waals surface area contributed by atoms with Crippen LogP contribution in [0.15, 0.2) is 49.2 Å². The van der Waals surface area contributed by atoms with Gasteiger partial charge >= 0.3 is 0 Å². The maximum absolute atomic E-state index is 16.6. The van der Waals surface area contributed by atoms with Crippen LogP contribution in [0.5, 0.6) is 5.75 Å². The van der Waals surface area contributed by atoms with E-state index >= 15 is 4.39 Å². The molecule has 2 aromatic heterocycles. The minimum Gasteiger partial charge on any atom is -0.508 e. The van der Waals surface area contributed by atoms with E-state index in [0.717, 1.165) is 67.3 Å². The van der Waals surface area contributed by atoms with Gasteiger partial charge in [-0.15, -0.1) is 0 Å². The van der Waals surface area contributed by atoms with Crippen LogP contribution in [-0.4, -0.2) is 64.8 Å². The highest BCUT2D eigenvalue weighted by Gasteiger charge is 2.33. The molecule has 40 heavy (non-hydrogen) atoms. The maximum Gasteiger partial charge on any atom is 0.175 e. The number of phenolic OH excluding ortho intramolecular Hbond substituents is 1. The molecule has 7 rings (SSSR count). The second kappa shape index (κ2) is 9.88. The summed E-state index contributed by atoms with van der Waals surface area (Å²) in [4.78, 5) is 14.0. The van der Waals surface area contributed by atoms with Crippen molar-refractivity contribution in [3.8, 4) is 28.8 Å². The van der Waals surface area contributed by atoms with Crippen LogP contribution in [0, 0.1) is 17.7 Å². The van der Waals surface area contributed by atoms with Gasteiger partial charge in [0.15, 0.2) is 5.82 Å². The third-order valence-corrected chi connectivity index (χ3v) is 8.69. The minimum absolute atomic E-state index is 0.0512. The summed E-state index contributed by atoms with van der Waals surface area (Å²) in [5.74, 6) is 6.21. The van der Waals surface area contributed by atoms with Crippen molar-refractivity contribution in [2.45, 2.75) is 43.8 Å². The fourth-order valence-electron chi connectivity index (χ4n) is 6.69. The summed E-state index contributed by atoms with van der Waals surface area (Å²) in [5, 5.41) is 16.5. The van der Waals surface area contributed by atoms with Crippen molar-refractivity contribution in [3.05, 3.63) is 66.2 Å². The van der Waals surface area contributed by atoms with Gasteiger partial charge in [-0.25, -0.2) is 9.37 Å². The molecule has 3 aliphatic heterocycles. The first-order valence-corrected chi connectivity index (χ1v) is 14.1. The summed E-state index contributed by atoms with van der Waals surface area (Å²) in [7, 11) is 2.09. The lowest BCUT2D eigenvalue weighted by Gasteiger charge is -2.35.